The van der Waals surface area contributed by atoms with Gasteiger partial charge in [0.15, 0.2) is 0 Å². The van der Waals surface area contributed by atoms with E-state index < -0.39 is 0 Å². The first-order valence-corrected chi connectivity index (χ1v) is 8.24. The third-order valence-electron chi connectivity index (χ3n) is 3.41. The minimum atomic E-state index is -0.303. The van der Waals surface area contributed by atoms with Gasteiger partial charge in [0.25, 0.3) is 5.91 Å². The zero-order chi connectivity index (χ0) is 17.6. The zero-order valence-electron chi connectivity index (χ0n) is 13.0. The molecule has 0 atom stereocenters. The fourth-order valence-corrected chi connectivity index (χ4v) is 2.64. The van der Waals surface area contributed by atoms with E-state index in [9.17, 15) is 4.79 Å². The minimum Gasteiger partial charge on any atom is -0.340 e. The summed E-state index contributed by atoms with van der Waals surface area (Å²) in [5, 5.41) is 15.0. The monoisotopic (exact) mass is 392 g/mol. The molecule has 1 amide bonds. The smallest absolute Gasteiger partial charge is 0.255 e. The van der Waals surface area contributed by atoms with E-state index in [2.05, 4.69) is 37.6 Å². The van der Waals surface area contributed by atoms with Gasteiger partial charge >= 0.3 is 0 Å². The molecule has 2 aromatic carbocycles. The maximum absolute atomic E-state index is 12.5. The predicted molar refractivity (Wildman–Crippen MR) is 101 cm³/mol. The van der Waals surface area contributed by atoms with Crippen molar-refractivity contribution in [2.75, 3.05) is 10.6 Å². The summed E-state index contributed by atoms with van der Waals surface area (Å²) in [5.41, 5.74) is 2.19. The van der Waals surface area contributed by atoms with Crippen molar-refractivity contribution in [1.82, 2.24) is 4.98 Å². The van der Waals surface area contributed by atoms with E-state index in [0.29, 0.717) is 22.6 Å². The van der Waals surface area contributed by atoms with Crippen LogP contribution in [0.4, 0.5) is 17.2 Å². The summed E-state index contributed by atoms with van der Waals surface area (Å²) in [5.74, 6) is 0.252. The number of rotatable bonds is 4. The van der Waals surface area contributed by atoms with Gasteiger partial charge in [0, 0.05) is 21.9 Å². The molecule has 0 radical (unpaired) electrons. The number of nitriles is 1. The maximum Gasteiger partial charge on any atom is 0.255 e. The largest absolute Gasteiger partial charge is 0.340 e. The molecule has 5 nitrogen and oxygen atoms in total. The number of aromatic nitrogens is 1. The number of carbonyl (C=O) groups is 1. The van der Waals surface area contributed by atoms with Crippen LogP contribution in [0.25, 0.3) is 0 Å². The standard InChI is InChI=1S/C19H13BrN4O/c20-15-5-3-6-16(11-15)23-18-10-13(8-9-22-18)19(25)24-17-7-2-1-4-14(17)12-21/h1-11H,(H,22,23)(H,24,25). The summed E-state index contributed by atoms with van der Waals surface area (Å²) in [4.78, 5) is 16.7. The van der Waals surface area contributed by atoms with Crippen LogP contribution in [0.1, 0.15) is 15.9 Å². The molecule has 6 heteroatoms. The number of hydrogen-bond acceptors (Lipinski definition) is 4. The number of amides is 1. The summed E-state index contributed by atoms with van der Waals surface area (Å²) in [7, 11) is 0. The van der Waals surface area contributed by atoms with Crippen molar-refractivity contribution in [2.24, 2.45) is 0 Å². The fourth-order valence-electron chi connectivity index (χ4n) is 2.24. The number of nitrogens with zero attached hydrogens (tertiary/aromatic N) is 2. The Balaban J connectivity index is 1.79. The Labute approximate surface area is 153 Å². The van der Waals surface area contributed by atoms with Gasteiger partial charge in [0.1, 0.15) is 11.9 Å². The highest BCUT2D eigenvalue weighted by atomic mass is 79.9. The van der Waals surface area contributed by atoms with Crippen molar-refractivity contribution in [3.63, 3.8) is 0 Å². The quantitative estimate of drug-likeness (QED) is 0.673. The average Bonchev–Trinajstić information content (AvgIpc) is 2.62. The van der Waals surface area contributed by atoms with E-state index in [4.69, 9.17) is 5.26 Å². The van der Waals surface area contributed by atoms with Gasteiger partial charge in [-0.05, 0) is 42.5 Å². The van der Waals surface area contributed by atoms with Crippen molar-refractivity contribution in [1.29, 1.82) is 5.26 Å². The summed E-state index contributed by atoms with van der Waals surface area (Å²) in [6.45, 7) is 0. The Morgan fingerprint density at radius 3 is 2.72 bits per heavy atom. The van der Waals surface area contributed by atoms with Gasteiger partial charge in [-0.15, -0.1) is 0 Å². The number of carbonyl (C=O) groups excluding carboxylic acids is 1. The Bertz CT molecular complexity index is 965. The number of nitrogens with one attached hydrogen (secondary N) is 2. The molecule has 1 heterocycles. The SMILES string of the molecule is N#Cc1ccccc1NC(=O)c1ccnc(Nc2cccc(Br)c2)c1. The molecule has 0 aliphatic carbocycles. The highest BCUT2D eigenvalue weighted by Gasteiger charge is 2.10. The maximum atomic E-state index is 12.5. The lowest BCUT2D eigenvalue weighted by atomic mass is 10.1. The highest BCUT2D eigenvalue weighted by Crippen LogP contribution is 2.20. The van der Waals surface area contributed by atoms with E-state index in [1.54, 1.807) is 42.6 Å². The molecule has 0 bridgehead atoms. The minimum absolute atomic E-state index is 0.303. The number of anilines is 3. The second kappa shape index (κ2) is 7.60. The lowest BCUT2D eigenvalue weighted by Crippen LogP contribution is -2.13. The van der Waals surface area contributed by atoms with Gasteiger partial charge in [0.05, 0.1) is 11.3 Å². The Hall–Kier alpha value is -3.17. The van der Waals surface area contributed by atoms with Crippen LogP contribution in [0.15, 0.2) is 71.3 Å². The molecular weight excluding hydrogens is 380 g/mol. The Morgan fingerprint density at radius 2 is 1.92 bits per heavy atom. The van der Waals surface area contributed by atoms with Crippen LogP contribution in [0.2, 0.25) is 0 Å². The number of para-hydroxylation sites is 1. The summed E-state index contributed by atoms with van der Waals surface area (Å²) >= 11 is 3.41. The van der Waals surface area contributed by atoms with E-state index in [-0.39, 0.29) is 5.91 Å². The molecule has 0 saturated carbocycles. The molecule has 2 N–H and O–H groups in total. The molecule has 3 rings (SSSR count). The second-order valence-electron chi connectivity index (χ2n) is 5.18. The van der Waals surface area contributed by atoms with E-state index >= 15 is 0 Å². The van der Waals surface area contributed by atoms with Gasteiger partial charge in [-0.3, -0.25) is 4.79 Å². The molecule has 0 saturated heterocycles. The van der Waals surface area contributed by atoms with Crippen LogP contribution in [0.3, 0.4) is 0 Å². The molecule has 25 heavy (non-hydrogen) atoms. The van der Waals surface area contributed by atoms with Crippen LogP contribution in [0, 0.1) is 11.3 Å². The lowest BCUT2D eigenvalue weighted by molar-refractivity contribution is 0.102. The molecule has 0 fully saturated rings. The lowest BCUT2D eigenvalue weighted by Gasteiger charge is -2.09. The fraction of sp³-hybridized carbons (Fsp3) is 0. The van der Waals surface area contributed by atoms with Crippen molar-refractivity contribution in [3.05, 3.63) is 82.5 Å². The van der Waals surface area contributed by atoms with Crippen LogP contribution >= 0.6 is 15.9 Å². The molecule has 0 unspecified atom stereocenters. The Morgan fingerprint density at radius 1 is 1.08 bits per heavy atom. The Kier molecular flexibility index (Phi) is 5.07. The van der Waals surface area contributed by atoms with Gasteiger partial charge in [-0.2, -0.15) is 5.26 Å². The first-order valence-electron chi connectivity index (χ1n) is 7.45. The number of benzene rings is 2. The first kappa shape index (κ1) is 16.7. The second-order valence-corrected chi connectivity index (χ2v) is 6.09. The topological polar surface area (TPSA) is 77.8 Å². The van der Waals surface area contributed by atoms with Crippen LogP contribution in [0.5, 0.6) is 0 Å². The van der Waals surface area contributed by atoms with E-state index in [1.165, 1.54) is 0 Å². The number of hydrogen-bond donors (Lipinski definition) is 2. The predicted octanol–water partition coefficient (Wildman–Crippen LogP) is 4.71. The van der Waals surface area contributed by atoms with Crippen LogP contribution < -0.4 is 10.6 Å². The van der Waals surface area contributed by atoms with E-state index in [0.717, 1.165) is 10.2 Å². The molecule has 3 aromatic rings. The zero-order valence-corrected chi connectivity index (χ0v) is 14.6. The van der Waals surface area contributed by atoms with Gasteiger partial charge in [-0.25, -0.2) is 4.98 Å². The third-order valence-corrected chi connectivity index (χ3v) is 3.91. The molecular formula is C19H13BrN4O. The molecule has 1 aromatic heterocycles. The molecule has 0 aliphatic rings. The molecule has 122 valence electrons. The highest BCUT2D eigenvalue weighted by molar-refractivity contribution is 9.10. The van der Waals surface area contributed by atoms with Crippen molar-refractivity contribution >= 4 is 39.0 Å². The molecule has 0 spiro atoms. The van der Waals surface area contributed by atoms with Crippen molar-refractivity contribution in [2.45, 2.75) is 0 Å². The van der Waals surface area contributed by atoms with Crippen LogP contribution in [-0.4, -0.2) is 10.9 Å². The summed E-state index contributed by atoms with van der Waals surface area (Å²) < 4.78 is 0.944. The molecule has 0 aliphatic heterocycles. The third kappa shape index (κ3) is 4.22. The normalized spacial score (nSPS) is 9.92. The van der Waals surface area contributed by atoms with Crippen molar-refractivity contribution in [3.8, 4) is 6.07 Å². The van der Waals surface area contributed by atoms with E-state index in [1.807, 2.05) is 24.3 Å². The number of pyridine rings is 1. The average molecular weight is 393 g/mol. The van der Waals surface area contributed by atoms with Gasteiger partial charge in [-0.1, -0.05) is 34.1 Å². The first-order chi connectivity index (χ1) is 12.2. The summed E-state index contributed by atoms with van der Waals surface area (Å²) in [6, 6.07) is 19.9. The van der Waals surface area contributed by atoms with Crippen LogP contribution in [-0.2, 0) is 0 Å². The van der Waals surface area contributed by atoms with Gasteiger partial charge in [0.2, 0.25) is 0 Å². The number of halogens is 1. The van der Waals surface area contributed by atoms with Gasteiger partial charge < -0.3 is 10.6 Å². The summed E-state index contributed by atoms with van der Waals surface area (Å²) in [6.07, 6.45) is 1.56. The van der Waals surface area contributed by atoms with Crippen molar-refractivity contribution < 1.29 is 4.79 Å².